The number of nitrogens with zero attached hydrogens (tertiary/aromatic N) is 1. The van der Waals surface area contributed by atoms with E-state index in [1.807, 2.05) is 38.1 Å². The van der Waals surface area contributed by atoms with Gasteiger partial charge in [-0.3, -0.25) is 15.0 Å². The van der Waals surface area contributed by atoms with Crippen molar-refractivity contribution < 1.29 is 9.59 Å². The third-order valence-electron chi connectivity index (χ3n) is 3.40. The Bertz CT molecular complexity index is 744. The lowest BCUT2D eigenvalue weighted by molar-refractivity contribution is -0.117. The summed E-state index contributed by atoms with van der Waals surface area (Å²) in [5.74, 6) is -0.730. The first-order valence-corrected chi connectivity index (χ1v) is 6.64. The lowest BCUT2D eigenvalue weighted by Gasteiger charge is -2.13. The fourth-order valence-electron chi connectivity index (χ4n) is 2.37. The van der Waals surface area contributed by atoms with Crippen LogP contribution in [0, 0.1) is 13.8 Å². The van der Waals surface area contributed by atoms with Crippen molar-refractivity contribution >= 4 is 23.6 Å². The van der Waals surface area contributed by atoms with E-state index in [2.05, 4.69) is 10.4 Å². The predicted octanol–water partition coefficient (Wildman–Crippen LogP) is 2.09. The maximum absolute atomic E-state index is 12.4. The summed E-state index contributed by atoms with van der Waals surface area (Å²) in [6.07, 6.45) is 1.62. The number of nitrogens with one attached hydrogen (secondary N) is 2. The van der Waals surface area contributed by atoms with E-state index in [0.717, 1.165) is 17.0 Å². The molecular weight excluding hydrogens is 266 g/mol. The summed E-state index contributed by atoms with van der Waals surface area (Å²) in [4.78, 5) is 27.6. The largest absolute Gasteiger partial charge is 0.362 e. The SMILES string of the molecule is Cc1cc(/C=C2/C(=O)NN(c3ccccc3)C2=O)c(C)[nH]1. The number of benzene rings is 1. The molecule has 1 saturated heterocycles. The Morgan fingerprint density at radius 1 is 1.10 bits per heavy atom. The predicted molar refractivity (Wildman–Crippen MR) is 80.3 cm³/mol. The number of rotatable bonds is 2. The second-order valence-corrected chi connectivity index (χ2v) is 5.01. The van der Waals surface area contributed by atoms with Gasteiger partial charge in [0.05, 0.1) is 5.69 Å². The van der Waals surface area contributed by atoms with Crippen LogP contribution in [-0.2, 0) is 9.59 Å². The van der Waals surface area contributed by atoms with Gasteiger partial charge >= 0.3 is 0 Å². The van der Waals surface area contributed by atoms with E-state index < -0.39 is 0 Å². The third kappa shape index (κ3) is 2.33. The number of aryl methyl sites for hydroxylation is 2. The molecule has 1 aromatic heterocycles. The molecule has 0 aliphatic carbocycles. The van der Waals surface area contributed by atoms with Gasteiger partial charge in [0.1, 0.15) is 5.57 Å². The van der Waals surface area contributed by atoms with E-state index in [1.165, 1.54) is 5.01 Å². The third-order valence-corrected chi connectivity index (χ3v) is 3.40. The van der Waals surface area contributed by atoms with Crippen LogP contribution in [0.5, 0.6) is 0 Å². The van der Waals surface area contributed by atoms with E-state index in [1.54, 1.807) is 18.2 Å². The smallest absolute Gasteiger partial charge is 0.282 e. The number of aromatic nitrogens is 1. The summed E-state index contributed by atoms with van der Waals surface area (Å²) >= 11 is 0. The lowest BCUT2D eigenvalue weighted by atomic mass is 10.1. The van der Waals surface area contributed by atoms with Gasteiger partial charge in [-0.25, -0.2) is 5.01 Å². The molecule has 0 spiro atoms. The van der Waals surface area contributed by atoms with Gasteiger partial charge in [0, 0.05) is 11.4 Å². The van der Waals surface area contributed by atoms with Crippen molar-refractivity contribution in [2.75, 3.05) is 5.01 Å². The highest BCUT2D eigenvalue weighted by Gasteiger charge is 2.34. The van der Waals surface area contributed by atoms with E-state index in [-0.39, 0.29) is 17.4 Å². The molecule has 0 unspecified atom stereocenters. The van der Waals surface area contributed by atoms with E-state index in [9.17, 15) is 9.59 Å². The Labute approximate surface area is 122 Å². The van der Waals surface area contributed by atoms with Crippen LogP contribution in [0.4, 0.5) is 5.69 Å². The average Bonchev–Trinajstić information content (AvgIpc) is 2.93. The lowest BCUT2D eigenvalue weighted by Crippen LogP contribution is -2.35. The van der Waals surface area contributed by atoms with Crippen molar-refractivity contribution in [2.24, 2.45) is 0 Å². The molecule has 0 bridgehead atoms. The molecule has 5 nitrogen and oxygen atoms in total. The molecule has 1 aromatic carbocycles. The fourth-order valence-corrected chi connectivity index (χ4v) is 2.37. The molecule has 1 aliphatic heterocycles. The second-order valence-electron chi connectivity index (χ2n) is 5.01. The summed E-state index contributed by atoms with van der Waals surface area (Å²) < 4.78 is 0. The molecule has 106 valence electrons. The Morgan fingerprint density at radius 2 is 1.81 bits per heavy atom. The number of anilines is 1. The monoisotopic (exact) mass is 281 g/mol. The number of aromatic amines is 1. The van der Waals surface area contributed by atoms with Crippen molar-refractivity contribution in [2.45, 2.75) is 13.8 Å². The van der Waals surface area contributed by atoms with Gasteiger partial charge in [-0.1, -0.05) is 18.2 Å². The van der Waals surface area contributed by atoms with Crippen molar-refractivity contribution in [3.63, 3.8) is 0 Å². The zero-order valence-corrected chi connectivity index (χ0v) is 11.8. The Balaban J connectivity index is 1.96. The van der Waals surface area contributed by atoms with Crippen LogP contribution in [0.25, 0.3) is 6.08 Å². The van der Waals surface area contributed by atoms with E-state index in [0.29, 0.717) is 5.69 Å². The van der Waals surface area contributed by atoms with Gasteiger partial charge in [-0.05, 0) is 43.7 Å². The van der Waals surface area contributed by atoms with Crippen LogP contribution in [0.3, 0.4) is 0 Å². The molecule has 2 amide bonds. The van der Waals surface area contributed by atoms with Gasteiger partial charge in [-0.2, -0.15) is 0 Å². The second kappa shape index (κ2) is 4.94. The highest BCUT2D eigenvalue weighted by Crippen LogP contribution is 2.22. The number of hydrogen-bond acceptors (Lipinski definition) is 2. The minimum Gasteiger partial charge on any atom is -0.362 e. The fraction of sp³-hybridized carbons (Fsp3) is 0.125. The number of H-pyrrole nitrogens is 1. The molecule has 2 aromatic rings. The molecule has 1 fully saturated rings. The van der Waals surface area contributed by atoms with Gasteiger partial charge in [0.25, 0.3) is 11.8 Å². The molecule has 3 rings (SSSR count). The van der Waals surface area contributed by atoms with Crippen molar-refractivity contribution in [1.82, 2.24) is 10.4 Å². The van der Waals surface area contributed by atoms with Gasteiger partial charge in [0.15, 0.2) is 0 Å². The van der Waals surface area contributed by atoms with Crippen molar-refractivity contribution in [1.29, 1.82) is 0 Å². The summed E-state index contributed by atoms with van der Waals surface area (Å²) in [6, 6.07) is 10.9. The molecule has 0 atom stereocenters. The minimum absolute atomic E-state index is 0.140. The Morgan fingerprint density at radius 3 is 2.43 bits per heavy atom. The number of hydrogen-bond donors (Lipinski definition) is 2. The quantitative estimate of drug-likeness (QED) is 0.654. The first kappa shape index (κ1) is 13.2. The van der Waals surface area contributed by atoms with Crippen LogP contribution in [0.1, 0.15) is 17.0 Å². The molecule has 0 radical (unpaired) electrons. The standard InChI is InChI=1S/C16H15N3O2/c1-10-8-12(11(2)17-10)9-14-15(20)18-19(16(14)21)13-6-4-3-5-7-13/h3-9,17H,1-2H3,(H,18,20)/b14-9-. The van der Waals surface area contributed by atoms with Crippen LogP contribution in [0.15, 0.2) is 42.0 Å². The van der Waals surface area contributed by atoms with E-state index >= 15 is 0 Å². The molecule has 21 heavy (non-hydrogen) atoms. The Hall–Kier alpha value is -2.82. The zero-order chi connectivity index (χ0) is 15.0. The first-order valence-electron chi connectivity index (χ1n) is 6.64. The highest BCUT2D eigenvalue weighted by molar-refractivity contribution is 6.31. The maximum atomic E-state index is 12.4. The van der Waals surface area contributed by atoms with Crippen LogP contribution in [0.2, 0.25) is 0 Å². The number of para-hydroxylation sites is 1. The van der Waals surface area contributed by atoms with Crippen LogP contribution in [-0.4, -0.2) is 16.8 Å². The zero-order valence-electron chi connectivity index (χ0n) is 11.8. The molecule has 2 heterocycles. The number of hydrazine groups is 1. The minimum atomic E-state index is -0.387. The summed E-state index contributed by atoms with van der Waals surface area (Å²) in [6.45, 7) is 3.84. The van der Waals surface area contributed by atoms with Gasteiger partial charge < -0.3 is 4.98 Å². The topological polar surface area (TPSA) is 65.2 Å². The van der Waals surface area contributed by atoms with Crippen molar-refractivity contribution in [3.8, 4) is 0 Å². The molecule has 0 saturated carbocycles. The van der Waals surface area contributed by atoms with Gasteiger partial charge in [-0.15, -0.1) is 0 Å². The van der Waals surface area contributed by atoms with Crippen LogP contribution < -0.4 is 10.4 Å². The van der Waals surface area contributed by atoms with E-state index in [4.69, 9.17) is 0 Å². The average molecular weight is 281 g/mol. The number of amides is 2. The molecule has 2 N–H and O–H groups in total. The summed E-state index contributed by atoms with van der Waals surface area (Å²) in [5, 5.41) is 1.27. The summed E-state index contributed by atoms with van der Waals surface area (Å²) in [5.41, 5.74) is 6.13. The molecular formula is C16H15N3O2. The number of carbonyl (C=O) groups excluding carboxylic acids is 2. The Kier molecular flexibility index (Phi) is 3.10. The molecule has 1 aliphatic rings. The number of carbonyl (C=O) groups is 2. The summed E-state index contributed by atoms with van der Waals surface area (Å²) in [7, 11) is 0. The highest BCUT2D eigenvalue weighted by atomic mass is 16.2. The molecule has 5 heteroatoms. The van der Waals surface area contributed by atoms with Gasteiger partial charge in [0.2, 0.25) is 0 Å². The maximum Gasteiger partial charge on any atom is 0.282 e. The van der Waals surface area contributed by atoms with Crippen LogP contribution >= 0.6 is 0 Å². The normalized spacial score (nSPS) is 16.7. The first-order chi connectivity index (χ1) is 10.1. The van der Waals surface area contributed by atoms with Crippen molar-refractivity contribution in [3.05, 3.63) is 58.9 Å².